The first kappa shape index (κ1) is 25.3. The summed E-state index contributed by atoms with van der Waals surface area (Å²) >= 11 is 0. The number of carbonyl (C=O) groups excluding carboxylic acids is 2. The predicted molar refractivity (Wildman–Crippen MR) is 127 cm³/mol. The normalized spacial score (nSPS) is 14.1. The van der Waals surface area contributed by atoms with Crippen molar-refractivity contribution < 1.29 is 23.9 Å². The van der Waals surface area contributed by atoms with Crippen molar-refractivity contribution in [3.8, 4) is 11.1 Å². The van der Waals surface area contributed by atoms with Crippen LogP contribution in [0.3, 0.4) is 0 Å². The van der Waals surface area contributed by atoms with Gasteiger partial charge in [0.15, 0.2) is 0 Å². The van der Waals surface area contributed by atoms with Crippen molar-refractivity contribution in [3.05, 3.63) is 65.2 Å². The van der Waals surface area contributed by atoms with Crippen LogP contribution in [0.15, 0.2) is 48.5 Å². The van der Waals surface area contributed by atoms with Crippen molar-refractivity contribution in [2.75, 3.05) is 6.61 Å². The molecule has 1 amide bonds. The Kier molecular flexibility index (Phi) is 8.38. The van der Waals surface area contributed by atoms with Gasteiger partial charge in [-0.05, 0) is 49.9 Å². The third kappa shape index (κ3) is 5.85. The summed E-state index contributed by atoms with van der Waals surface area (Å²) in [5.41, 5.74) is 12.7. The molecule has 2 atom stereocenters. The summed E-state index contributed by atoms with van der Waals surface area (Å²) in [4.78, 5) is 27.7. The van der Waals surface area contributed by atoms with Gasteiger partial charge in [-0.3, -0.25) is 4.79 Å². The van der Waals surface area contributed by atoms with E-state index in [1.54, 1.807) is 6.92 Å². The van der Waals surface area contributed by atoms with Crippen LogP contribution in [0.5, 0.6) is 0 Å². The average Bonchev–Trinajstić information content (AvgIpc) is 3.03. The van der Waals surface area contributed by atoms with E-state index >= 15 is 0 Å². The zero-order valence-electron chi connectivity index (χ0n) is 18.7. The molecule has 3 rings (SSSR count). The fraction of sp³-hybridized carbons (Fsp3) is 0.375. The summed E-state index contributed by atoms with van der Waals surface area (Å²) < 4.78 is 11.3. The summed E-state index contributed by atoms with van der Waals surface area (Å²) in [5.74, 6) is -0.678. The third-order valence-corrected chi connectivity index (χ3v) is 5.12. The number of Topliss-reactive ketones (excluding diaryl/α,β-unsaturated/α-hetero) is 1. The maximum atomic E-state index is 12.6. The van der Waals surface area contributed by atoms with Crippen molar-refractivity contribution in [2.24, 2.45) is 0 Å². The molecule has 0 unspecified atom stereocenters. The first-order valence-electron chi connectivity index (χ1n) is 10.2. The average molecular weight is 456 g/mol. The molecule has 2 aromatic carbocycles. The fourth-order valence-electron chi connectivity index (χ4n) is 3.95. The summed E-state index contributed by atoms with van der Waals surface area (Å²) in [6.07, 6.45) is -0.654. The Morgan fingerprint density at radius 1 is 1.09 bits per heavy atom. The van der Waals surface area contributed by atoms with Crippen LogP contribution in [0, 0.1) is 0 Å². The second-order valence-electron chi connectivity index (χ2n) is 8.53. The zero-order chi connectivity index (χ0) is 22.6. The summed E-state index contributed by atoms with van der Waals surface area (Å²) in [5, 5.41) is 2.56. The second-order valence-corrected chi connectivity index (χ2v) is 8.53. The molecule has 7 nitrogen and oxygen atoms in total. The Bertz CT molecular complexity index is 982. The van der Waals surface area contributed by atoms with Crippen LogP contribution in [0.2, 0.25) is 0 Å². The van der Waals surface area contributed by atoms with Gasteiger partial charge in [0.05, 0.1) is 11.7 Å². The Labute approximate surface area is 195 Å². The van der Waals surface area contributed by atoms with E-state index in [0.29, 0.717) is 0 Å². The molecule has 0 fully saturated rings. The van der Waals surface area contributed by atoms with Crippen molar-refractivity contribution >= 4 is 31.6 Å². The lowest BCUT2D eigenvalue weighted by atomic mass is 9.98. The van der Waals surface area contributed by atoms with Gasteiger partial charge in [0.1, 0.15) is 12.6 Å². The van der Waals surface area contributed by atoms with E-state index in [2.05, 4.69) is 22.2 Å². The van der Waals surface area contributed by atoms with Gasteiger partial charge in [-0.1, -0.05) is 48.5 Å². The predicted octanol–water partition coefficient (Wildman–Crippen LogP) is 4.08. The summed E-state index contributed by atoms with van der Waals surface area (Å²) in [6.45, 7) is 7.33. The van der Waals surface area contributed by atoms with Gasteiger partial charge < -0.3 is 20.3 Å². The highest BCUT2D eigenvalue weighted by Gasteiger charge is 2.33. The van der Waals surface area contributed by atoms with Crippen LogP contribution in [-0.2, 0) is 14.3 Å². The molecule has 0 aliphatic heterocycles. The molecular weight excluding hydrogens is 426 g/mol. The van der Waals surface area contributed by atoms with Crippen LogP contribution in [0.4, 0.5) is 4.79 Å². The number of ether oxygens (including phenoxy) is 2. The minimum atomic E-state index is -1.05. The number of carbonyl (C=O) groups is 2. The third-order valence-electron chi connectivity index (χ3n) is 5.12. The number of hydrogen-bond acceptors (Lipinski definition) is 4. The van der Waals surface area contributed by atoms with Gasteiger partial charge >= 0.3 is 12.3 Å². The molecule has 1 aliphatic rings. The first-order valence-corrected chi connectivity index (χ1v) is 10.2. The number of nitrogens with zero attached hydrogens (tertiary/aromatic N) is 2. The Morgan fingerprint density at radius 3 is 2.12 bits per heavy atom. The number of benzene rings is 2. The number of alkyl carbamates (subject to hydrolysis) is 1. The lowest BCUT2D eigenvalue weighted by Crippen LogP contribution is -2.51. The number of nitrogens with one attached hydrogen (secondary N) is 1. The van der Waals surface area contributed by atoms with E-state index in [1.165, 1.54) is 0 Å². The van der Waals surface area contributed by atoms with Crippen molar-refractivity contribution in [2.45, 2.75) is 51.4 Å². The zero-order valence-corrected chi connectivity index (χ0v) is 19.7. The number of ketones is 1. The SMILES string of the molecule is C[C@@H](OC(C)(C)C)[C@H](NC(=O)OCC1c2ccccc2-c2ccccc21)C(=O)C=[N+]=[N-].S. The number of hydrogen-bond donors (Lipinski definition) is 1. The van der Waals surface area contributed by atoms with E-state index < -0.39 is 29.6 Å². The lowest BCUT2D eigenvalue weighted by molar-refractivity contribution is -0.125. The molecule has 0 radical (unpaired) electrons. The van der Waals surface area contributed by atoms with Gasteiger partial charge in [-0.15, -0.1) is 0 Å². The number of fused-ring (bicyclic) bond motifs is 3. The Morgan fingerprint density at radius 2 is 1.62 bits per heavy atom. The van der Waals surface area contributed by atoms with Crippen LogP contribution in [0.25, 0.3) is 16.7 Å². The van der Waals surface area contributed by atoms with Crippen molar-refractivity contribution in [1.29, 1.82) is 0 Å². The van der Waals surface area contributed by atoms with Crippen LogP contribution in [0.1, 0.15) is 44.7 Å². The highest BCUT2D eigenvalue weighted by atomic mass is 32.1. The minimum absolute atomic E-state index is 0. The second kappa shape index (κ2) is 10.6. The van der Waals surface area contributed by atoms with Crippen LogP contribution in [-0.4, -0.2) is 47.2 Å². The molecule has 8 heteroatoms. The highest BCUT2D eigenvalue weighted by Crippen LogP contribution is 2.44. The fourth-order valence-corrected chi connectivity index (χ4v) is 3.95. The molecule has 0 aromatic heterocycles. The van der Waals surface area contributed by atoms with Crippen LogP contribution < -0.4 is 5.32 Å². The first-order chi connectivity index (χ1) is 14.7. The quantitative estimate of drug-likeness (QED) is 0.386. The molecule has 0 saturated heterocycles. The van der Waals surface area contributed by atoms with Crippen molar-refractivity contribution in [3.63, 3.8) is 0 Å². The monoisotopic (exact) mass is 455 g/mol. The lowest BCUT2D eigenvalue weighted by Gasteiger charge is -2.29. The molecule has 0 heterocycles. The van der Waals surface area contributed by atoms with Crippen molar-refractivity contribution in [1.82, 2.24) is 5.32 Å². The van der Waals surface area contributed by atoms with E-state index in [9.17, 15) is 9.59 Å². The Hall–Kier alpha value is -2.93. The van der Waals surface area contributed by atoms with E-state index in [4.69, 9.17) is 15.0 Å². The molecule has 0 saturated carbocycles. The van der Waals surface area contributed by atoms with Gasteiger partial charge in [0.2, 0.25) is 0 Å². The number of amides is 1. The summed E-state index contributed by atoms with van der Waals surface area (Å²) in [6, 6.07) is 15.0. The smallest absolute Gasteiger partial charge is 0.407 e. The molecule has 2 aromatic rings. The number of rotatable bonds is 7. The van der Waals surface area contributed by atoms with E-state index in [1.807, 2.05) is 57.2 Å². The molecule has 32 heavy (non-hydrogen) atoms. The molecule has 170 valence electrons. The topological polar surface area (TPSA) is 101 Å². The van der Waals surface area contributed by atoms with Gasteiger partial charge in [0.25, 0.3) is 5.78 Å². The highest BCUT2D eigenvalue weighted by molar-refractivity contribution is 7.59. The van der Waals surface area contributed by atoms with Gasteiger partial charge in [-0.25, -0.2) is 4.79 Å². The standard InChI is InChI=1S/C24H27N3O4.H2S/c1-15(31-24(2,3)4)22(21(28)13-26-25)27-23(29)30-14-20-18-11-7-5-9-16(18)17-10-6-8-12-19(17)20;/h5-13,15,20,22H,14H2,1-4H3,(H,27,29);1H2/t15-,22+;/m1./s1. The van der Waals surface area contributed by atoms with Gasteiger partial charge in [0, 0.05) is 5.92 Å². The molecule has 0 spiro atoms. The molecule has 1 N–H and O–H groups in total. The maximum absolute atomic E-state index is 12.6. The summed E-state index contributed by atoms with van der Waals surface area (Å²) in [7, 11) is 0. The van der Waals surface area contributed by atoms with E-state index in [0.717, 1.165) is 28.5 Å². The minimum Gasteiger partial charge on any atom is -0.449 e. The largest absolute Gasteiger partial charge is 0.449 e. The molecular formula is C24H29N3O4S. The van der Waals surface area contributed by atoms with Gasteiger partial charge in [-0.2, -0.15) is 18.3 Å². The molecule has 0 bridgehead atoms. The van der Waals surface area contributed by atoms with Crippen LogP contribution >= 0.6 is 13.5 Å². The molecule has 1 aliphatic carbocycles. The maximum Gasteiger partial charge on any atom is 0.407 e. The van der Waals surface area contributed by atoms with E-state index in [-0.39, 0.29) is 26.0 Å². The Balaban J connectivity index is 0.00000363.